The van der Waals surface area contributed by atoms with E-state index in [1.807, 2.05) is 78.9 Å². The van der Waals surface area contributed by atoms with Gasteiger partial charge in [0.15, 0.2) is 0 Å². The Morgan fingerprint density at radius 2 is 1.05 bits per heavy atom. The fourth-order valence-corrected chi connectivity index (χ4v) is 5.94. The molecule has 2 aromatic heterocycles. The molecule has 0 radical (unpaired) electrons. The average molecular weight is 512 g/mol. The highest BCUT2D eigenvalue weighted by atomic mass is 16.3. The molecule has 3 nitrogen and oxygen atoms in total. The summed E-state index contributed by atoms with van der Waals surface area (Å²) >= 11 is 0. The lowest BCUT2D eigenvalue weighted by atomic mass is 9.86. The van der Waals surface area contributed by atoms with Gasteiger partial charge in [0.25, 0.3) is 0 Å². The molecule has 0 saturated carbocycles. The lowest BCUT2D eigenvalue weighted by Gasteiger charge is -2.15. The summed E-state index contributed by atoms with van der Waals surface area (Å²) in [5.41, 5.74) is 9.52. The van der Waals surface area contributed by atoms with Gasteiger partial charge >= 0.3 is 0 Å². The first-order valence-electron chi connectivity index (χ1n) is 13.2. The van der Waals surface area contributed by atoms with Crippen LogP contribution >= 0.6 is 0 Å². The first kappa shape index (κ1) is 22.4. The average Bonchev–Trinajstić information content (AvgIpc) is 3.59. The van der Waals surface area contributed by atoms with E-state index in [4.69, 9.17) is 8.83 Å². The van der Waals surface area contributed by atoms with Crippen LogP contribution in [0.5, 0.6) is 0 Å². The van der Waals surface area contributed by atoms with Crippen molar-refractivity contribution in [3.63, 3.8) is 0 Å². The summed E-state index contributed by atoms with van der Waals surface area (Å²) < 4.78 is 12.6. The number of hydrogen-bond acceptors (Lipinski definition) is 3. The van der Waals surface area contributed by atoms with E-state index in [1.54, 1.807) is 0 Å². The number of fused-ring (bicyclic) bond motifs is 6. The first-order chi connectivity index (χ1) is 19.8. The van der Waals surface area contributed by atoms with E-state index in [0.29, 0.717) is 5.56 Å². The minimum Gasteiger partial charge on any atom is -0.456 e. The zero-order valence-corrected chi connectivity index (χ0v) is 21.4. The molecule has 0 aliphatic rings. The van der Waals surface area contributed by atoms with Crippen molar-refractivity contribution in [3.8, 4) is 39.4 Å². The summed E-state index contributed by atoms with van der Waals surface area (Å²) in [6.07, 6.45) is 0. The molecule has 8 aromatic rings. The molecule has 0 aliphatic heterocycles. The molecule has 3 heteroatoms. The fourth-order valence-electron chi connectivity index (χ4n) is 5.94. The van der Waals surface area contributed by atoms with Gasteiger partial charge in [-0.05, 0) is 47.0 Å². The van der Waals surface area contributed by atoms with E-state index in [1.165, 1.54) is 0 Å². The molecule has 0 atom stereocenters. The summed E-state index contributed by atoms with van der Waals surface area (Å²) in [6.45, 7) is 0. The van der Waals surface area contributed by atoms with Gasteiger partial charge in [0.2, 0.25) is 0 Å². The van der Waals surface area contributed by atoms with Crippen molar-refractivity contribution < 1.29 is 8.83 Å². The van der Waals surface area contributed by atoms with E-state index >= 15 is 0 Å². The van der Waals surface area contributed by atoms with Crippen LogP contribution < -0.4 is 0 Å². The zero-order chi connectivity index (χ0) is 26.6. The van der Waals surface area contributed by atoms with Gasteiger partial charge in [0, 0.05) is 38.2 Å². The highest BCUT2D eigenvalue weighted by molar-refractivity contribution is 6.14. The monoisotopic (exact) mass is 511 g/mol. The smallest absolute Gasteiger partial charge is 0.143 e. The molecule has 186 valence electrons. The molecule has 0 unspecified atom stereocenters. The molecule has 0 bridgehead atoms. The summed E-state index contributed by atoms with van der Waals surface area (Å²) in [7, 11) is 0. The Balaban J connectivity index is 1.50. The SMILES string of the molecule is N#Cc1c(-c2cccc3c2oc2ccccc23)cc(-c2ccccc2)cc1-c1cccc2oc3ccccc3c12. The predicted octanol–water partition coefficient (Wildman–Crippen LogP) is 10.4. The molecule has 0 aliphatic carbocycles. The Morgan fingerprint density at radius 3 is 1.85 bits per heavy atom. The van der Waals surface area contributed by atoms with Gasteiger partial charge < -0.3 is 8.83 Å². The third kappa shape index (κ3) is 3.30. The van der Waals surface area contributed by atoms with Crippen molar-refractivity contribution in [2.75, 3.05) is 0 Å². The van der Waals surface area contributed by atoms with Crippen LogP contribution in [-0.2, 0) is 0 Å². The number of nitrogens with zero attached hydrogens (tertiary/aromatic N) is 1. The molecule has 0 saturated heterocycles. The molecule has 8 rings (SSSR count). The molecule has 0 N–H and O–H groups in total. The summed E-state index contributed by atoms with van der Waals surface area (Å²) in [5.74, 6) is 0. The summed E-state index contributed by atoms with van der Waals surface area (Å²) in [5, 5.41) is 14.9. The summed E-state index contributed by atoms with van der Waals surface area (Å²) in [4.78, 5) is 0. The van der Waals surface area contributed by atoms with E-state index in [2.05, 4.69) is 54.6 Å². The topological polar surface area (TPSA) is 50.1 Å². The highest BCUT2D eigenvalue weighted by Gasteiger charge is 2.21. The second kappa shape index (κ2) is 8.73. The molecule has 0 fully saturated rings. The summed E-state index contributed by atoms with van der Waals surface area (Å²) in [6, 6.07) is 45.5. The maximum atomic E-state index is 10.7. The maximum Gasteiger partial charge on any atom is 0.143 e. The maximum absolute atomic E-state index is 10.7. The molecule has 0 spiro atoms. The van der Waals surface area contributed by atoms with E-state index in [0.717, 1.165) is 77.3 Å². The van der Waals surface area contributed by atoms with Gasteiger partial charge in [-0.25, -0.2) is 0 Å². The lowest BCUT2D eigenvalue weighted by Crippen LogP contribution is -1.93. The third-order valence-electron chi connectivity index (χ3n) is 7.74. The second-order valence-corrected chi connectivity index (χ2v) is 9.98. The van der Waals surface area contributed by atoms with Crippen molar-refractivity contribution in [2.24, 2.45) is 0 Å². The van der Waals surface area contributed by atoms with Crippen LogP contribution in [0.25, 0.3) is 77.3 Å². The van der Waals surface area contributed by atoms with Crippen LogP contribution in [-0.4, -0.2) is 0 Å². The van der Waals surface area contributed by atoms with Gasteiger partial charge in [-0.1, -0.05) is 97.1 Å². The van der Waals surface area contributed by atoms with Gasteiger partial charge in [-0.3, -0.25) is 0 Å². The van der Waals surface area contributed by atoms with Gasteiger partial charge in [-0.15, -0.1) is 0 Å². The van der Waals surface area contributed by atoms with E-state index in [-0.39, 0.29) is 0 Å². The second-order valence-electron chi connectivity index (χ2n) is 9.98. The fraction of sp³-hybridized carbons (Fsp3) is 0. The van der Waals surface area contributed by atoms with Crippen LogP contribution in [0.15, 0.2) is 136 Å². The van der Waals surface area contributed by atoms with E-state index < -0.39 is 0 Å². The number of furan rings is 2. The molecule has 0 amide bonds. The number of hydrogen-bond donors (Lipinski definition) is 0. The van der Waals surface area contributed by atoms with Crippen LogP contribution in [0, 0.1) is 11.3 Å². The number of para-hydroxylation sites is 3. The zero-order valence-electron chi connectivity index (χ0n) is 21.4. The number of nitriles is 1. The van der Waals surface area contributed by atoms with Gasteiger partial charge in [0.1, 0.15) is 28.4 Å². The largest absolute Gasteiger partial charge is 0.456 e. The van der Waals surface area contributed by atoms with Crippen LogP contribution in [0.1, 0.15) is 5.56 Å². The molecular formula is C37H21NO2. The Bertz CT molecular complexity index is 2280. The minimum absolute atomic E-state index is 0.602. The first-order valence-corrected chi connectivity index (χ1v) is 13.2. The van der Waals surface area contributed by atoms with Crippen molar-refractivity contribution >= 4 is 43.9 Å². The quantitative estimate of drug-likeness (QED) is 0.237. The molecule has 2 heterocycles. The molecule has 6 aromatic carbocycles. The van der Waals surface area contributed by atoms with Crippen LogP contribution in [0.3, 0.4) is 0 Å². The third-order valence-corrected chi connectivity index (χ3v) is 7.74. The normalized spacial score (nSPS) is 11.5. The lowest BCUT2D eigenvalue weighted by molar-refractivity contribution is 0.669. The Hall–Kier alpha value is -5.59. The Labute approximate surface area is 230 Å². The van der Waals surface area contributed by atoms with E-state index in [9.17, 15) is 5.26 Å². The van der Waals surface area contributed by atoms with Gasteiger partial charge in [0.05, 0.1) is 5.56 Å². The molecular weight excluding hydrogens is 490 g/mol. The van der Waals surface area contributed by atoms with Crippen molar-refractivity contribution in [2.45, 2.75) is 0 Å². The van der Waals surface area contributed by atoms with Crippen molar-refractivity contribution in [1.82, 2.24) is 0 Å². The standard InChI is InChI=1S/C37H21NO2/c38-22-32-30(26-14-9-19-35-36(26)29-13-5-7-18-34(29)39-35)20-24(23-10-2-1-3-11-23)21-31(32)28-16-8-15-27-25-12-4-6-17-33(25)40-37(27)28/h1-21H. The highest BCUT2D eigenvalue weighted by Crippen LogP contribution is 2.44. The van der Waals surface area contributed by atoms with Crippen LogP contribution in [0.4, 0.5) is 0 Å². The minimum atomic E-state index is 0.602. The van der Waals surface area contributed by atoms with Crippen molar-refractivity contribution in [1.29, 1.82) is 5.26 Å². The molecule has 40 heavy (non-hydrogen) atoms. The Kier molecular flexibility index (Phi) is 4.89. The van der Waals surface area contributed by atoms with Gasteiger partial charge in [-0.2, -0.15) is 5.26 Å². The van der Waals surface area contributed by atoms with Crippen LogP contribution in [0.2, 0.25) is 0 Å². The predicted molar refractivity (Wildman–Crippen MR) is 162 cm³/mol. The number of rotatable bonds is 3. The van der Waals surface area contributed by atoms with Crippen molar-refractivity contribution in [3.05, 3.63) is 133 Å². The Morgan fingerprint density at radius 1 is 0.450 bits per heavy atom. The number of benzene rings is 6.